The van der Waals surface area contributed by atoms with Gasteiger partial charge in [0.05, 0.1) is 6.04 Å². The summed E-state index contributed by atoms with van der Waals surface area (Å²) in [5.41, 5.74) is 3.90. The molecule has 1 fully saturated rings. The molecule has 0 bridgehead atoms. The van der Waals surface area contributed by atoms with E-state index in [-0.39, 0.29) is 12.1 Å². The third-order valence-electron chi connectivity index (χ3n) is 5.55. The van der Waals surface area contributed by atoms with E-state index >= 15 is 0 Å². The van der Waals surface area contributed by atoms with Crippen LogP contribution in [0.2, 0.25) is 0 Å². The predicted molar refractivity (Wildman–Crippen MR) is 118 cm³/mol. The highest BCUT2D eigenvalue weighted by Crippen LogP contribution is 2.25. The number of carbonyl (C=O) groups is 1. The standard InChI is InChI=1S/C23H28N4O2/c1-16-14-19(27-12-10-26(3)11-13-27)8-9-20(16)25-23(28)24-17(2)22-15-18-6-4-5-7-21(18)29-22/h4-9,14-15,17H,10-13H2,1-3H3,(H2,24,25,28)/t17-/m0/s1. The Balaban J connectivity index is 1.38. The Morgan fingerprint density at radius 1 is 1.07 bits per heavy atom. The Bertz CT molecular complexity index is 972. The minimum absolute atomic E-state index is 0.229. The first-order valence-electron chi connectivity index (χ1n) is 10.1. The average Bonchev–Trinajstić information content (AvgIpc) is 3.14. The molecule has 0 aliphatic carbocycles. The third-order valence-corrected chi connectivity index (χ3v) is 5.55. The molecule has 6 heteroatoms. The van der Waals surface area contributed by atoms with Gasteiger partial charge in [0, 0.05) is 42.9 Å². The molecule has 29 heavy (non-hydrogen) atoms. The monoisotopic (exact) mass is 392 g/mol. The molecule has 3 aromatic rings. The number of anilines is 2. The zero-order chi connectivity index (χ0) is 20.4. The molecule has 152 valence electrons. The van der Waals surface area contributed by atoms with E-state index in [0.717, 1.165) is 54.2 Å². The number of aryl methyl sites for hydroxylation is 1. The number of nitrogens with zero attached hydrogens (tertiary/aromatic N) is 2. The van der Waals surface area contributed by atoms with Crippen molar-refractivity contribution in [1.29, 1.82) is 0 Å². The van der Waals surface area contributed by atoms with Crippen LogP contribution >= 0.6 is 0 Å². The lowest BCUT2D eigenvalue weighted by Gasteiger charge is -2.34. The smallest absolute Gasteiger partial charge is 0.319 e. The summed E-state index contributed by atoms with van der Waals surface area (Å²) in [7, 11) is 2.15. The molecular formula is C23H28N4O2. The molecule has 2 amide bonds. The zero-order valence-electron chi connectivity index (χ0n) is 17.2. The normalized spacial score (nSPS) is 16.0. The van der Waals surface area contributed by atoms with E-state index in [4.69, 9.17) is 4.42 Å². The summed E-state index contributed by atoms with van der Waals surface area (Å²) >= 11 is 0. The van der Waals surface area contributed by atoms with Crippen molar-refractivity contribution < 1.29 is 9.21 Å². The van der Waals surface area contributed by atoms with Gasteiger partial charge in [-0.25, -0.2) is 4.79 Å². The molecule has 0 saturated carbocycles. The van der Waals surface area contributed by atoms with Gasteiger partial charge in [0.25, 0.3) is 0 Å². The second-order valence-corrected chi connectivity index (χ2v) is 7.80. The van der Waals surface area contributed by atoms with Crippen LogP contribution in [0.15, 0.2) is 52.9 Å². The van der Waals surface area contributed by atoms with E-state index < -0.39 is 0 Å². The van der Waals surface area contributed by atoms with Gasteiger partial charge in [-0.05, 0) is 56.8 Å². The molecular weight excluding hydrogens is 364 g/mol. The fraction of sp³-hybridized carbons (Fsp3) is 0.348. The summed E-state index contributed by atoms with van der Waals surface area (Å²) in [5.74, 6) is 0.739. The van der Waals surface area contributed by atoms with Crippen molar-refractivity contribution in [3.63, 3.8) is 0 Å². The molecule has 1 aliphatic heterocycles. The van der Waals surface area contributed by atoms with E-state index in [1.54, 1.807) is 0 Å². The molecule has 0 radical (unpaired) electrons. The molecule has 1 atom stereocenters. The summed E-state index contributed by atoms with van der Waals surface area (Å²) in [6, 6.07) is 15.5. The number of benzene rings is 2. The fourth-order valence-corrected chi connectivity index (χ4v) is 3.69. The Hall–Kier alpha value is -2.99. The highest BCUT2D eigenvalue weighted by atomic mass is 16.3. The van der Waals surface area contributed by atoms with Gasteiger partial charge in [-0.1, -0.05) is 18.2 Å². The van der Waals surface area contributed by atoms with Gasteiger partial charge in [-0.2, -0.15) is 0 Å². The van der Waals surface area contributed by atoms with Gasteiger partial charge in [-0.15, -0.1) is 0 Å². The number of fused-ring (bicyclic) bond motifs is 1. The molecule has 4 rings (SSSR count). The van der Waals surface area contributed by atoms with E-state index in [9.17, 15) is 4.79 Å². The molecule has 0 spiro atoms. The number of piperazine rings is 1. The van der Waals surface area contributed by atoms with E-state index in [1.165, 1.54) is 5.69 Å². The SMILES string of the molecule is Cc1cc(N2CCN(C)CC2)ccc1NC(=O)N[C@@H](C)c1cc2ccccc2o1. The van der Waals surface area contributed by atoms with Crippen molar-refractivity contribution in [2.75, 3.05) is 43.4 Å². The number of para-hydroxylation sites is 1. The van der Waals surface area contributed by atoms with Crippen molar-refractivity contribution >= 4 is 28.4 Å². The first-order chi connectivity index (χ1) is 14.0. The maximum atomic E-state index is 12.5. The molecule has 2 heterocycles. The van der Waals surface area contributed by atoms with Gasteiger partial charge in [0.15, 0.2) is 0 Å². The number of furan rings is 1. The first-order valence-corrected chi connectivity index (χ1v) is 10.1. The van der Waals surface area contributed by atoms with Gasteiger partial charge in [-0.3, -0.25) is 0 Å². The Morgan fingerprint density at radius 3 is 2.55 bits per heavy atom. The van der Waals surface area contributed by atoms with Crippen LogP contribution in [0.25, 0.3) is 11.0 Å². The zero-order valence-corrected chi connectivity index (χ0v) is 17.2. The Labute approximate surface area is 171 Å². The maximum absolute atomic E-state index is 12.5. The second kappa shape index (κ2) is 8.17. The van der Waals surface area contributed by atoms with Crippen LogP contribution < -0.4 is 15.5 Å². The Kier molecular flexibility index (Phi) is 5.45. The van der Waals surface area contributed by atoms with Crippen LogP contribution in [0.3, 0.4) is 0 Å². The molecule has 2 aromatic carbocycles. The number of carbonyl (C=O) groups excluding carboxylic acids is 1. The van der Waals surface area contributed by atoms with Crippen molar-refractivity contribution in [2.24, 2.45) is 0 Å². The van der Waals surface area contributed by atoms with Crippen LogP contribution in [0, 0.1) is 6.92 Å². The minimum atomic E-state index is -0.242. The highest BCUT2D eigenvalue weighted by molar-refractivity contribution is 5.90. The first kappa shape index (κ1) is 19.3. The summed E-state index contributed by atoms with van der Waals surface area (Å²) in [4.78, 5) is 17.2. The molecule has 6 nitrogen and oxygen atoms in total. The average molecular weight is 393 g/mol. The van der Waals surface area contributed by atoms with E-state index in [0.29, 0.717) is 0 Å². The van der Waals surface area contributed by atoms with Crippen molar-refractivity contribution in [1.82, 2.24) is 10.2 Å². The number of urea groups is 1. The minimum Gasteiger partial charge on any atom is -0.459 e. The van der Waals surface area contributed by atoms with Crippen molar-refractivity contribution in [3.05, 3.63) is 59.9 Å². The van der Waals surface area contributed by atoms with Crippen LogP contribution in [0.4, 0.5) is 16.2 Å². The number of hydrogen-bond acceptors (Lipinski definition) is 4. The molecule has 0 unspecified atom stereocenters. The lowest BCUT2D eigenvalue weighted by molar-refractivity contribution is 0.248. The number of likely N-dealkylation sites (N-methyl/N-ethyl adjacent to an activating group) is 1. The van der Waals surface area contributed by atoms with E-state index in [1.807, 2.05) is 50.2 Å². The van der Waals surface area contributed by atoms with Gasteiger partial charge in [0.2, 0.25) is 0 Å². The number of hydrogen-bond donors (Lipinski definition) is 2. The van der Waals surface area contributed by atoms with Gasteiger partial charge in [0.1, 0.15) is 11.3 Å². The van der Waals surface area contributed by atoms with Crippen LogP contribution in [0.5, 0.6) is 0 Å². The largest absolute Gasteiger partial charge is 0.459 e. The van der Waals surface area contributed by atoms with E-state index in [2.05, 4.69) is 39.6 Å². The maximum Gasteiger partial charge on any atom is 0.319 e. The molecule has 1 aromatic heterocycles. The number of nitrogens with one attached hydrogen (secondary N) is 2. The summed E-state index contributed by atoms with van der Waals surface area (Å²) in [6.07, 6.45) is 0. The lowest BCUT2D eigenvalue weighted by atomic mass is 10.1. The molecule has 1 saturated heterocycles. The highest BCUT2D eigenvalue weighted by Gasteiger charge is 2.17. The van der Waals surface area contributed by atoms with Crippen molar-refractivity contribution in [2.45, 2.75) is 19.9 Å². The van der Waals surface area contributed by atoms with Gasteiger partial charge >= 0.3 is 6.03 Å². The third kappa shape index (κ3) is 4.38. The summed E-state index contributed by atoms with van der Waals surface area (Å²) in [6.45, 7) is 8.14. The predicted octanol–water partition coefficient (Wildman–Crippen LogP) is 4.38. The topological polar surface area (TPSA) is 60.8 Å². The quantitative estimate of drug-likeness (QED) is 0.692. The van der Waals surface area contributed by atoms with Crippen molar-refractivity contribution in [3.8, 4) is 0 Å². The second-order valence-electron chi connectivity index (χ2n) is 7.80. The van der Waals surface area contributed by atoms with Crippen LogP contribution in [-0.2, 0) is 0 Å². The summed E-state index contributed by atoms with van der Waals surface area (Å²) < 4.78 is 5.84. The number of amides is 2. The number of rotatable bonds is 4. The molecule has 1 aliphatic rings. The lowest BCUT2D eigenvalue weighted by Crippen LogP contribution is -2.44. The summed E-state index contributed by atoms with van der Waals surface area (Å²) in [5, 5.41) is 6.95. The Morgan fingerprint density at radius 2 is 1.83 bits per heavy atom. The van der Waals surface area contributed by atoms with Crippen LogP contribution in [0.1, 0.15) is 24.3 Å². The fourth-order valence-electron chi connectivity index (χ4n) is 3.69. The molecule has 2 N–H and O–H groups in total. The van der Waals surface area contributed by atoms with Crippen LogP contribution in [-0.4, -0.2) is 44.2 Å². The van der Waals surface area contributed by atoms with Gasteiger partial charge < -0.3 is 24.9 Å².